The second-order valence-corrected chi connectivity index (χ2v) is 6.02. The number of anilines is 1. The molecule has 3 unspecified atom stereocenters. The Morgan fingerprint density at radius 2 is 1.95 bits per heavy atom. The average molecular weight is 279 g/mol. The molecule has 1 saturated carbocycles. The zero-order valence-corrected chi connectivity index (χ0v) is 11.7. The van der Waals surface area contributed by atoms with E-state index >= 15 is 0 Å². The molecule has 1 aliphatic carbocycles. The Morgan fingerprint density at radius 1 is 1.20 bits per heavy atom. The van der Waals surface area contributed by atoms with Gasteiger partial charge in [-0.2, -0.15) is 0 Å². The second kappa shape index (κ2) is 4.72. The third-order valence-electron chi connectivity index (χ3n) is 4.68. The summed E-state index contributed by atoms with van der Waals surface area (Å²) in [5, 5.41) is 0. The highest BCUT2D eigenvalue weighted by Gasteiger charge is 2.28. The standard InChI is InChI=1S/C15H19F2N3/c1-8-3-4-11(5-9(8)2)20-13-7-10(16)6-12(17)14(13)19-15(20)18/h6-9,11H,3-5H2,1-2H3,(H2,18,19). The van der Waals surface area contributed by atoms with E-state index in [4.69, 9.17) is 5.73 Å². The molecule has 1 aromatic carbocycles. The van der Waals surface area contributed by atoms with Gasteiger partial charge in [0, 0.05) is 18.2 Å². The topological polar surface area (TPSA) is 43.8 Å². The molecule has 2 N–H and O–H groups in total. The van der Waals surface area contributed by atoms with Crippen LogP contribution in [-0.4, -0.2) is 9.55 Å². The summed E-state index contributed by atoms with van der Waals surface area (Å²) in [6, 6.07) is 2.35. The molecular weight excluding hydrogens is 260 g/mol. The highest BCUT2D eigenvalue weighted by molar-refractivity contribution is 5.79. The molecule has 1 aromatic heterocycles. The van der Waals surface area contributed by atoms with Gasteiger partial charge >= 0.3 is 0 Å². The van der Waals surface area contributed by atoms with Gasteiger partial charge in [0.15, 0.2) is 5.82 Å². The monoisotopic (exact) mass is 279 g/mol. The Morgan fingerprint density at radius 3 is 2.65 bits per heavy atom. The van der Waals surface area contributed by atoms with Crippen LogP contribution in [0.2, 0.25) is 0 Å². The normalized spacial score (nSPS) is 27.1. The summed E-state index contributed by atoms with van der Waals surface area (Å²) >= 11 is 0. The first-order chi connectivity index (χ1) is 9.47. The summed E-state index contributed by atoms with van der Waals surface area (Å²) in [5.41, 5.74) is 6.57. The minimum Gasteiger partial charge on any atom is -0.369 e. The van der Waals surface area contributed by atoms with Crippen LogP contribution in [0.15, 0.2) is 12.1 Å². The second-order valence-electron chi connectivity index (χ2n) is 6.02. The van der Waals surface area contributed by atoms with Crippen LogP contribution in [0, 0.1) is 23.5 Å². The number of halogens is 2. The van der Waals surface area contributed by atoms with Crippen LogP contribution in [0.4, 0.5) is 14.7 Å². The van der Waals surface area contributed by atoms with E-state index in [1.807, 2.05) is 4.57 Å². The molecule has 1 aliphatic rings. The largest absolute Gasteiger partial charge is 0.369 e. The average Bonchev–Trinajstić information content (AvgIpc) is 2.70. The summed E-state index contributed by atoms with van der Waals surface area (Å²) < 4.78 is 29.1. The van der Waals surface area contributed by atoms with Crippen molar-refractivity contribution in [3.8, 4) is 0 Å². The summed E-state index contributed by atoms with van der Waals surface area (Å²) in [6.45, 7) is 4.46. The molecule has 0 aliphatic heterocycles. The molecule has 108 valence electrons. The summed E-state index contributed by atoms with van der Waals surface area (Å²) in [4.78, 5) is 4.07. The van der Waals surface area contributed by atoms with Crippen molar-refractivity contribution < 1.29 is 8.78 Å². The van der Waals surface area contributed by atoms with E-state index in [2.05, 4.69) is 18.8 Å². The molecule has 1 heterocycles. The summed E-state index contributed by atoms with van der Waals surface area (Å²) in [7, 11) is 0. The molecule has 0 amide bonds. The SMILES string of the molecule is CC1CCC(n2c(N)nc3c(F)cc(F)cc32)CC1C. The smallest absolute Gasteiger partial charge is 0.201 e. The predicted molar refractivity (Wildman–Crippen MR) is 75.3 cm³/mol. The van der Waals surface area contributed by atoms with E-state index < -0.39 is 11.6 Å². The van der Waals surface area contributed by atoms with Gasteiger partial charge in [0.1, 0.15) is 11.3 Å². The highest BCUT2D eigenvalue weighted by atomic mass is 19.1. The zero-order chi connectivity index (χ0) is 14.4. The van der Waals surface area contributed by atoms with E-state index in [0.717, 1.165) is 25.3 Å². The number of imidazole rings is 1. The van der Waals surface area contributed by atoms with Gasteiger partial charge in [-0.3, -0.25) is 0 Å². The van der Waals surface area contributed by atoms with Gasteiger partial charge in [-0.25, -0.2) is 13.8 Å². The summed E-state index contributed by atoms with van der Waals surface area (Å²) in [5.74, 6) is 0.284. The fraction of sp³-hybridized carbons (Fsp3) is 0.533. The van der Waals surface area contributed by atoms with E-state index in [-0.39, 0.29) is 17.5 Å². The maximum Gasteiger partial charge on any atom is 0.201 e. The molecule has 3 nitrogen and oxygen atoms in total. The quantitative estimate of drug-likeness (QED) is 0.860. The van der Waals surface area contributed by atoms with Crippen molar-refractivity contribution in [2.75, 3.05) is 5.73 Å². The van der Waals surface area contributed by atoms with E-state index in [9.17, 15) is 8.78 Å². The maximum atomic E-state index is 13.8. The van der Waals surface area contributed by atoms with Crippen LogP contribution in [0.5, 0.6) is 0 Å². The van der Waals surface area contributed by atoms with Crippen LogP contribution >= 0.6 is 0 Å². The number of aromatic nitrogens is 2. The van der Waals surface area contributed by atoms with E-state index in [1.54, 1.807) is 0 Å². The molecule has 3 rings (SSSR count). The minimum absolute atomic E-state index is 0.162. The fourth-order valence-electron chi connectivity index (χ4n) is 3.28. The van der Waals surface area contributed by atoms with Gasteiger partial charge in [0.2, 0.25) is 5.95 Å². The van der Waals surface area contributed by atoms with Crippen molar-refractivity contribution in [3.63, 3.8) is 0 Å². The van der Waals surface area contributed by atoms with Crippen molar-refractivity contribution in [2.24, 2.45) is 11.8 Å². The van der Waals surface area contributed by atoms with Gasteiger partial charge in [0.05, 0.1) is 5.52 Å². The Kier molecular flexibility index (Phi) is 3.15. The Labute approximate surface area is 116 Å². The van der Waals surface area contributed by atoms with Gasteiger partial charge in [-0.05, 0) is 31.1 Å². The Balaban J connectivity index is 2.09. The number of hydrogen-bond donors (Lipinski definition) is 1. The Bertz CT molecular complexity index is 650. The number of hydrogen-bond acceptors (Lipinski definition) is 2. The van der Waals surface area contributed by atoms with Gasteiger partial charge in [-0.1, -0.05) is 13.8 Å². The lowest BCUT2D eigenvalue weighted by Crippen LogP contribution is -2.24. The first kappa shape index (κ1) is 13.3. The van der Waals surface area contributed by atoms with Crippen molar-refractivity contribution in [1.29, 1.82) is 0 Å². The molecule has 0 saturated heterocycles. The number of nitrogens with zero attached hydrogens (tertiary/aromatic N) is 2. The summed E-state index contributed by atoms with van der Waals surface area (Å²) in [6.07, 6.45) is 3.04. The number of benzene rings is 1. The molecule has 2 aromatic rings. The van der Waals surface area contributed by atoms with Crippen molar-refractivity contribution in [2.45, 2.75) is 39.2 Å². The molecule has 5 heteroatoms. The molecular formula is C15H19F2N3. The third-order valence-corrected chi connectivity index (χ3v) is 4.68. The number of rotatable bonds is 1. The molecule has 3 atom stereocenters. The minimum atomic E-state index is -0.650. The molecule has 1 fully saturated rings. The zero-order valence-electron chi connectivity index (χ0n) is 11.7. The molecule has 20 heavy (non-hydrogen) atoms. The number of fused-ring (bicyclic) bond motifs is 1. The van der Waals surface area contributed by atoms with Gasteiger partial charge in [0.25, 0.3) is 0 Å². The molecule has 0 bridgehead atoms. The lowest BCUT2D eigenvalue weighted by Gasteiger charge is -2.33. The molecule has 0 radical (unpaired) electrons. The predicted octanol–water partition coefficient (Wildman–Crippen LogP) is 3.89. The van der Waals surface area contributed by atoms with Crippen LogP contribution in [-0.2, 0) is 0 Å². The van der Waals surface area contributed by atoms with E-state index in [0.29, 0.717) is 17.4 Å². The van der Waals surface area contributed by atoms with Gasteiger partial charge < -0.3 is 10.3 Å². The maximum absolute atomic E-state index is 13.8. The first-order valence-electron chi connectivity index (χ1n) is 7.09. The van der Waals surface area contributed by atoms with Gasteiger partial charge in [-0.15, -0.1) is 0 Å². The number of nitrogen functional groups attached to an aromatic ring is 1. The third kappa shape index (κ3) is 2.05. The van der Waals surface area contributed by atoms with Crippen molar-refractivity contribution in [3.05, 3.63) is 23.8 Å². The fourth-order valence-corrected chi connectivity index (χ4v) is 3.28. The van der Waals surface area contributed by atoms with Crippen molar-refractivity contribution >= 4 is 17.0 Å². The van der Waals surface area contributed by atoms with Crippen LogP contribution in [0.3, 0.4) is 0 Å². The highest BCUT2D eigenvalue weighted by Crippen LogP contribution is 2.39. The lowest BCUT2D eigenvalue weighted by molar-refractivity contribution is 0.215. The van der Waals surface area contributed by atoms with Crippen LogP contribution in [0.25, 0.3) is 11.0 Å². The lowest BCUT2D eigenvalue weighted by atomic mass is 9.79. The van der Waals surface area contributed by atoms with Crippen LogP contribution < -0.4 is 5.73 Å². The number of nitrogens with two attached hydrogens (primary N) is 1. The first-order valence-corrected chi connectivity index (χ1v) is 7.09. The van der Waals surface area contributed by atoms with Crippen LogP contribution in [0.1, 0.15) is 39.2 Å². The Hall–Kier alpha value is -1.65. The van der Waals surface area contributed by atoms with E-state index in [1.165, 1.54) is 6.07 Å². The molecule has 0 spiro atoms. The van der Waals surface area contributed by atoms with Crippen molar-refractivity contribution in [1.82, 2.24) is 9.55 Å².